The van der Waals surface area contributed by atoms with Gasteiger partial charge in [-0.25, -0.2) is 9.98 Å². The Morgan fingerprint density at radius 2 is 2.19 bits per heavy atom. The van der Waals surface area contributed by atoms with Crippen LogP contribution in [0.15, 0.2) is 23.3 Å². The Balaban J connectivity index is 0.00000400. The first-order chi connectivity index (χ1) is 9.61. The van der Waals surface area contributed by atoms with Gasteiger partial charge in [-0.3, -0.25) is 0 Å². The molecule has 0 amide bonds. The van der Waals surface area contributed by atoms with Gasteiger partial charge in [0.25, 0.3) is 0 Å². The smallest absolute Gasteiger partial charge is 0.213 e. The van der Waals surface area contributed by atoms with Crippen LogP contribution < -0.4 is 15.8 Å². The maximum Gasteiger partial charge on any atom is 0.213 e. The van der Waals surface area contributed by atoms with Crippen LogP contribution in [-0.4, -0.2) is 24.1 Å². The van der Waals surface area contributed by atoms with E-state index >= 15 is 0 Å². The largest absolute Gasteiger partial charge is 0.478 e. The van der Waals surface area contributed by atoms with Crippen LogP contribution in [0.25, 0.3) is 0 Å². The quantitative estimate of drug-likeness (QED) is 0.396. The first kappa shape index (κ1) is 19.9. The van der Waals surface area contributed by atoms with Gasteiger partial charge in [0.05, 0.1) is 13.2 Å². The van der Waals surface area contributed by atoms with Crippen molar-refractivity contribution in [2.24, 2.45) is 16.6 Å². The van der Waals surface area contributed by atoms with E-state index in [1.54, 1.807) is 6.20 Å². The van der Waals surface area contributed by atoms with E-state index in [-0.39, 0.29) is 24.0 Å². The molecule has 1 aromatic rings. The van der Waals surface area contributed by atoms with Gasteiger partial charge in [-0.2, -0.15) is 0 Å². The number of pyridine rings is 1. The van der Waals surface area contributed by atoms with Gasteiger partial charge < -0.3 is 15.8 Å². The van der Waals surface area contributed by atoms with Crippen molar-refractivity contribution >= 4 is 29.9 Å². The number of ether oxygens (including phenoxy) is 1. The molecule has 0 aromatic carbocycles. The number of hydrogen-bond acceptors (Lipinski definition) is 3. The first-order valence-corrected chi connectivity index (χ1v) is 7.23. The van der Waals surface area contributed by atoms with Crippen molar-refractivity contribution in [3.63, 3.8) is 0 Å². The molecule has 6 heteroatoms. The Bertz CT molecular complexity index is 407. The molecule has 0 unspecified atom stereocenters. The minimum atomic E-state index is 0. The third-order valence-electron chi connectivity index (χ3n) is 2.71. The van der Waals surface area contributed by atoms with Crippen molar-refractivity contribution in [3.05, 3.63) is 23.9 Å². The standard InChI is InChI=1S/C15H26N4O.HI/c1-4-9-20-14-6-5-13(10-18-14)11-19-15(16)17-8-7-12(2)3;/h5-6,10,12H,4,7-9,11H2,1-3H3,(H3,16,17,19);1H. The second-order valence-electron chi connectivity index (χ2n) is 5.16. The summed E-state index contributed by atoms with van der Waals surface area (Å²) in [6.07, 6.45) is 3.84. The van der Waals surface area contributed by atoms with E-state index in [9.17, 15) is 0 Å². The molecule has 0 fully saturated rings. The second kappa shape index (κ2) is 11.6. The molecule has 1 rings (SSSR count). The number of nitrogens with zero attached hydrogens (tertiary/aromatic N) is 2. The Kier molecular flexibility index (Phi) is 11.0. The van der Waals surface area contributed by atoms with E-state index in [2.05, 4.69) is 36.1 Å². The lowest BCUT2D eigenvalue weighted by Crippen LogP contribution is -2.32. The van der Waals surface area contributed by atoms with Crippen LogP contribution in [0, 0.1) is 5.92 Å². The van der Waals surface area contributed by atoms with E-state index in [0.29, 0.717) is 30.9 Å². The van der Waals surface area contributed by atoms with E-state index in [1.165, 1.54) is 0 Å². The van der Waals surface area contributed by atoms with Crippen LogP contribution >= 0.6 is 24.0 Å². The molecule has 1 aromatic heterocycles. The number of hydrogen-bond donors (Lipinski definition) is 2. The van der Waals surface area contributed by atoms with Gasteiger partial charge in [0.1, 0.15) is 0 Å². The van der Waals surface area contributed by atoms with Crippen molar-refractivity contribution in [3.8, 4) is 5.88 Å². The molecule has 1 heterocycles. The van der Waals surface area contributed by atoms with E-state index < -0.39 is 0 Å². The highest BCUT2D eigenvalue weighted by Crippen LogP contribution is 2.08. The molecule has 0 saturated heterocycles. The number of aromatic nitrogens is 1. The molecule has 0 radical (unpaired) electrons. The molecule has 0 saturated carbocycles. The highest BCUT2D eigenvalue weighted by molar-refractivity contribution is 14.0. The number of nitrogens with one attached hydrogen (secondary N) is 1. The maximum atomic E-state index is 5.80. The van der Waals surface area contributed by atoms with Crippen LogP contribution in [-0.2, 0) is 6.54 Å². The molecule has 120 valence electrons. The Labute approximate surface area is 144 Å². The van der Waals surface area contributed by atoms with Crippen LogP contribution in [0.3, 0.4) is 0 Å². The van der Waals surface area contributed by atoms with Crippen molar-refractivity contribution < 1.29 is 4.74 Å². The predicted octanol–water partition coefficient (Wildman–Crippen LogP) is 2.94. The Morgan fingerprint density at radius 3 is 2.76 bits per heavy atom. The summed E-state index contributed by atoms with van der Waals surface area (Å²) < 4.78 is 5.43. The normalized spacial score (nSPS) is 11.1. The van der Waals surface area contributed by atoms with Gasteiger partial charge in [0.15, 0.2) is 5.96 Å². The lowest BCUT2D eigenvalue weighted by atomic mass is 10.1. The summed E-state index contributed by atoms with van der Waals surface area (Å²) in [4.78, 5) is 8.51. The summed E-state index contributed by atoms with van der Waals surface area (Å²) in [5.41, 5.74) is 6.81. The lowest BCUT2D eigenvalue weighted by molar-refractivity contribution is 0.305. The molecule has 0 spiro atoms. The molecule has 0 bridgehead atoms. The maximum absolute atomic E-state index is 5.80. The van der Waals surface area contributed by atoms with Gasteiger partial charge in [-0.05, 0) is 24.3 Å². The highest BCUT2D eigenvalue weighted by Gasteiger charge is 1.98. The van der Waals surface area contributed by atoms with Gasteiger partial charge in [0, 0.05) is 18.8 Å². The third kappa shape index (κ3) is 9.49. The summed E-state index contributed by atoms with van der Waals surface area (Å²) in [6.45, 7) is 8.51. The number of nitrogens with two attached hydrogens (primary N) is 1. The molecule has 0 aliphatic rings. The minimum absolute atomic E-state index is 0. The average molecular weight is 406 g/mol. The molecule has 0 atom stereocenters. The molecule has 0 aliphatic carbocycles. The minimum Gasteiger partial charge on any atom is -0.478 e. The zero-order valence-corrected chi connectivity index (χ0v) is 15.5. The first-order valence-electron chi connectivity index (χ1n) is 7.23. The SMILES string of the molecule is CCCOc1ccc(CN=C(N)NCCC(C)C)cn1.I. The summed E-state index contributed by atoms with van der Waals surface area (Å²) in [5.74, 6) is 1.80. The monoisotopic (exact) mass is 406 g/mol. The van der Waals surface area contributed by atoms with Crippen LogP contribution in [0.5, 0.6) is 5.88 Å². The van der Waals surface area contributed by atoms with Crippen molar-refractivity contribution in [1.29, 1.82) is 0 Å². The molecule has 5 nitrogen and oxygen atoms in total. The molecular weight excluding hydrogens is 379 g/mol. The second-order valence-corrected chi connectivity index (χ2v) is 5.16. The van der Waals surface area contributed by atoms with Gasteiger partial charge in [0.2, 0.25) is 5.88 Å². The highest BCUT2D eigenvalue weighted by atomic mass is 127. The summed E-state index contributed by atoms with van der Waals surface area (Å²) in [6, 6.07) is 3.83. The zero-order valence-electron chi connectivity index (χ0n) is 13.1. The number of guanidine groups is 1. The summed E-state index contributed by atoms with van der Waals surface area (Å²) in [7, 11) is 0. The van der Waals surface area contributed by atoms with Gasteiger partial charge in [-0.1, -0.05) is 26.8 Å². The summed E-state index contributed by atoms with van der Waals surface area (Å²) in [5, 5.41) is 3.11. The fraction of sp³-hybridized carbons (Fsp3) is 0.600. The number of aliphatic imine (C=N–C) groups is 1. The average Bonchev–Trinajstić information content (AvgIpc) is 2.43. The van der Waals surface area contributed by atoms with Crippen LogP contribution in [0.4, 0.5) is 0 Å². The van der Waals surface area contributed by atoms with E-state index in [1.807, 2.05) is 12.1 Å². The van der Waals surface area contributed by atoms with Crippen molar-refractivity contribution in [1.82, 2.24) is 10.3 Å². The third-order valence-corrected chi connectivity index (χ3v) is 2.71. The van der Waals surface area contributed by atoms with E-state index in [0.717, 1.165) is 24.9 Å². The summed E-state index contributed by atoms with van der Waals surface area (Å²) >= 11 is 0. The van der Waals surface area contributed by atoms with Gasteiger partial charge in [-0.15, -0.1) is 24.0 Å². The Morgan fingerprint density at radius 1 is 1.43 bits per heavy atom. The molecule has 21 heavy (non-hydrogen) atoms. The van der Waals surface area contributed by atoms with Gasteiger partial charge >= 0.3 is 0 Å². The predicted molar refractivity (Wildman–Crippen MR) is 98.2 cm³/mol. The topological polar surface area (TPSA) is 72.5 Å². The lowest BCUT2D eigenvalue weighted by Gasteiger charge is -2.07. The number of halogens is 1. The van der Waals surface area contributed by atoms with Crippen molar-refractivity contribution in [2.75, 3.05) is 13.2 Å². The Hall–Kier alpha value is -1.05. The van der Waals surface area contributed by atoms with Crippen LogP contribution in [0.2, 0.25) is 0 Å². The zero-order chi connectivity index (χ0) is 14.8. The number of rotatable bonds is 8. The van der Waals surface area contributed by atoms with E-state index in [4.69, 9.17) is 10.5 Å². The van der Waals surface area contributed by atoms with Crippen molar-refractivity contribution in [2.45, 2.75) is 40.2 Å². The molecule has 3 N–H and O–H groups in total. The van der Waals surface area contributed by atoms with Crippen LogP contribution in [0.1, 0.15) is 39.2 Å². The molecular formula is C15H27IN4O. The fourth-order valence-electron chi connectivity index (χ4n) is 1.52. The fourth-order valence-corrected chi connectivity index (χ4v) is 1.52. The molecule has 0 aliphatic heterocycles.